The van der Waals surface area contributed by atoms with Gasteiger partial charge in [-0.15, -0.1) is 0 Å². The number of carbonyl (C=O) groups is 1. The lowest BCUT2D eigenvalue weighted by Crippen LogP contribution is -2.30. The quantitative estimate of drug-likeness (QED) is 0.510. The van der Waals surface area contributed by atoms with Gasteiger partial charge < -0.3 is 15.0 Å². The molecule has 3 nitrogen and oxygen atoms in total. The number of aldehydes is 1. The lowest BCUT2D eigenvalue weighted by Gasteiger charge is -2.19. The third kappa shape index (κ3) is 1.77. The van der Waals surface area contributed by atoms with Gasteiger partial charge in [-0.05, 0) is 6.42 Å². The van der Waals surface area contributed by atoms with Crippen molar-refractivity contribution in [3.63, 3.8) is 0 Å². The Labute approximate surface area is 54.3 Å². The molecule has 0 aliphatic heterocycles. The summed E-state index contributed by atoms with van der Waals surface area (Å²) in [7, 11) is 0. The molecule has 0 radical (unpaired) electrons. The first-order valence-corrected chi connectivity index (χ1v) is 2.92. The zero-order chi connectivity index (χ0) is 7.33. The minimum Gasteiger partial charge on any atom is -0.395 e. The highest BCUT2D eigenvalue weighted by Crippen LogP contribution is 2.15. The zero-order valence-corrected chi connectivity index (χ0v) is 5.50. The van der Waals surface area contributed by atoms with E-state index >= 15 is 0 Å². The van der Waals surface area contributed by atoms with Crippen LogP contribution in [0.2, 0.25) is 0 Å². The summed E-state index contributed by atoms with van der Waals surface area (Å²) in [4.78, 5) is 10.2. The third-order valence-corrected chi connectivity index (χ3v) is 1.58. The zero-order valence-electron chi connectivity index (χ0n) is 5.50. The van der Waals surface area contributed by atoms with Crippen LogP contribution in [0.3, 0.4) is 0 Å². The van der Waals surface area contributed by atoms with Gasteiger partial charge in [-0.2, -0.15) is 0 Å². The molecule has 3 heteroatoms. The molecule has 0 fully saturated rings. The molecule has 0 bridgehead atoms. The topological polar surface area (TPSA) is 57.5 Å². The van der Waals surface area contributed by atoms with Crippen molar-refractivity contribution >= 4 is 6.29 Å². The molecule has 9 heavy (non-hydrogen) atoms. The van der Waals surface area contributed by atoms with Crippen LogP contribution in [0.1, 0.15) is 13.3 Å². The van der Waals surface area contributed by atoms with Gasteiger partial charge in [-0.25, -0.2) is 0 Å². The van der Waals surface area contributed by atoms with E-state index in [-0.39, 0.29) is 13.2 Å². The highest BCUT2D eigenvalue weighted by atomic mass is 16.3. The van der Waals surface area contributed by atoms with Crippen molar-refractivity contribution in [3.8, 4) is 0 Å². The normalized spacial score (nSPS) is 11.4. The van der Waals surface area contributed by atoms with Crippen molar-refractivity contribution in [1.82, 2.24) is 0 Å². The van der Waals surface area contributed by atoms with E-state index in [1.165, 1.54) is 0 Å². The smallest absolute Gasteiger partial charge is 0.130 e. The standard InChI is InChI=1S/C6H12O3/c1-2-6(3-7,4-8)5-9/h3,8-9H,2,4-5H2,1H3. The molecule has 0 saturated heterocycles. The Morgan fingerprint density at radius 2 is 1.89 bits per heavy atom. The first-order valence-electron chi connectivity index (χ1n) is 2.92. The highest BCUT2D eigenvalue weighted by molar-refractivity contribution is 5.59. The number of aliphatic hydroxyl groups excluding tert-OH is 2. The van der Waals surface area contributed by atoms with E-state index < -0.39 is 5.41 Å². The first-order chi connectivity index (χ1) is 4.24. The van der Waals surface area contributed by atoms with E-state index in [2.05, 4.69) is 0 Å². The second kappa shape index (κ2) is 3.58. The number of carbonyl (C=O) groups excluding carboxylic acids is 1. The average Bonchev–Trinajstić information content (AvgIpc) is 1.95. The molecule has 0 aliphatic carbocycles. The van der Waals surface area contributed by atoms with Crippen molar-refractivity contribution in [2.24, 2.45) is 5.41 Å². The third-order valence-electron chi connectivity index (χ3n) is 1.58. The summed E-state index contributed by atoms with van der Waals surface area (Å²) in [6, 6.07) is 0. The van der Waals surface area contributed by atoms with Crippen LogP contribution < -0.4 is 0 Å². The number of hydrogen-bond acceptors (Lipinski definition) is 3. The molecular weight excluding hydrogens is 120 g/mol. The predicted octanol–water partition coefficient (Wildman–Crippen LogP) is -0.434. The fourth-order valence-corrected chi connectivity index (χ4v) is 0.431. The van der Waals surface area contributed by atoms with Gasteiger partial charge in [0.15, 0.2) is 0 Å². The van der Waals surface area contributed by atoms with E-state index in [9.17, 15) is 4.79 Å². The molecule has 0 aliphatic rings. The Morgan fingerprint density at radius 3 is 1.89 bits per heavy atom. The summed E-state index contributed by atoms with van der Waals surface area (Å²) in [5.74, 6) is 0. The van der Waals surface area contributed by atoms with Gasteiger partial charge in [0.25, 0.3) is 0 Å². The highest BCUT2D eigenvalue weighted by Gasteiger charge is 2.25. The van der Waals surface area contributed by atoms with Crippen molar-refractivity contribution in [2.45, 2.75) is 13.3 Å². The van der Waals surface area contributed by atoms with E-state index in [1.807, 2.05) is 0 Å². The fourth-order valence-electron chi connectivity index (χ4n) is 0.431. The van der Waals surface area contributed by atoms with E-state index in [4.69, 9.17) is 10.2 Å². The Morgan fingerprint density at radius 1 is 1.44 bits per heavy atom. The molecule has 0 saturated carbocycles. The molecule has 0 atom stereocenters. The van der Waals surface area contributed by atoms with E-state index in [0.29, 0.717) is 12.7 Å². The Hall–Kier alpha value is -0.410. The Kier molecular flexibility index (Phi) is 3.42. The van der Waals surface area contributed by atoms with Crippen molar-refractivity contribution in [2.75, 3.05) is 13.2 Å². The van der Waals surface area contributed by atoms with Crippen LogP contribution in [0.4, 0.5) is 0 Å². The largest absolute Gasteiger partial charge is 0.395 e. The summed E-state index contributed by atoms with van der Waals surface area (Å²) in [6.07, 6.45) is 1.08. The van der Waals surface area contributed by atoms with Crippen LogP contribution in [-0.2, 0) is 4.79 Å². The molecule has 2 N–H and O–H groups in total. The van der Waals surface area contributed by atoms with E-state index in [1.54, 1.807) is 6.92 Å². The summed E-state index contributed by atoms with van der Waals surface area (Å²) < 4.78 is 0. The predicted molar refractivity (Wildman–Crippen MR) is 33.0 cm³/mol. The molecule has 0 aromatic heterocycles. The molecule has 0 spiro atoms. The second-order valence-electron chi connectivity index (χ2n) is 2.15. The fraction of sp³-hybridized carbons (Fsp3) is 0.833. The average molecular weight is 132 g/mol. The van der Waals surface area contributed by atoms with Gasteiger partial charge in [0.1, 0.15) is 6.29 Å². The summed E-state index contributed by atoms with van der Waals surface area (Å²) in [5.41, 5.74) is -0.903. The van der Waals surface area contributed by atoms with Crippen molar-refractivity contribution in [1.29, 1.82) is 0 Å². The van der Waals surface area contributed by atoms with Crippen LogP contribution in [-0.4, -0.2) is 29.7 Å². The Bertz CT molecular complexity index is 78.0. The molecule has 0 amide bonds. The van der Waals surface area contributed by atoms with Gasteiger partial charge >= 0.3 is 0 Å². The summed E-state index contributed by atoms with van der Waals surface area (Å²) in [6.45, 7) is 1.20. The summed E-state index contributed by atoms with van der Waals surface area (Å²) >= 11 is 0. The number of aliphatic hydroxyl groups is 2. The number of rotatable bonds is 4. The monoisotopic (exact) mass is 132 g/mol. The van der Waals surface area contributed by atoms with Crippen molar-refractivity contribution < 1.29 is 15.0 Å². The molecule has 0 heterocycles. The van der Waals surface area contributed by atoms with Crippen LogP contribution in [0, 0.1) is 5.41 Å². The molecule has 0 rings (SSSR count). The molecule has 0 aromatic carbocycles. The van der Waals surface area contributed by atoms with Gasteiger partial charge in [0, 0.05) is 0 Å². The molecule has 54 valence electrons. The van der Waals surface area contributed by atoms with Crippen LogP contribution >= 0.6 is 0 Å². The van der Waals surface area contributed by atoms with Crippen LogP contribution in [0.25, 0.3) is 0 Å². The molecular formula is C6H12O3. The lowest BCUT2D eigenvalue weighted by molar-refractivity contribution is -0.121. The Balaban J connectivity index is 3.98. The minimum absolute atomic E-state index is 0.274. The van der Waals surface area contributed by atoms with Crippen LogP contribution in [0.5, 0.6) is 0 Å². The van der Waals surface area contributed by atoms with Crippen LogP contribution in [0.15, 0.2) is 0 Å². The maximum atomic E-state index is 10.2. The maximum absolute atomic E-state index is 10.2. The van der Waals surface area contributed by atoms with Gasteiger partial charge in [0.2, 0.25) is 0 Å². The van der Waals surface area contributed by atoms with E-state index in [0.717, 1.165) is 0 Å². The van der Waals surface area contributed by atoms with Gasteiger partial charge in [0.05, 0.1) is 18.6 Å². The van der Waals surface area contributed by atoms with Gasteiger partial charge in [-0.1, -0.05) is 6.92 Å². The SMILES string of the molecule is CCC(C=O)(CO)CO. The minimum atomic E-state index is -0.903. The second-order valence-corrected chi connectivity index (χ2v) is 2.15. The molecule has 0 aromatic rings. The first kappa shape index (κ1) is 8.59. The maximum Gasteiger partial charge on any atom is 0.130 e. The lowest BCUT2D eigenvalue weighted by atomic mass is 9.89. The number of hydrogen-bond donors (Lipinski definition) is 2. The van der Waals surface area contributed by atoms with Gasteiger partial charge in [-0.3, -0.25) is 0 Å². The molecule has 0 unspecified atom stereocenters. The van der Waals surface area contributed by atoms with Crippen molar-refractivity contribution in [3.05, 3.63) is 0 Å². The summed E-state index contributed by atoms with van der Waals surface area (Å²) in [5, 5.41) is 17.2.